The van der Waals surface area contributed by atoms with Crippen LogP contribution in [0.4, 0.5) is 0 Å². The third kappa shape index (κ3) is 5.36. The zero-order chi connectivity index (χ0) is 5.70. The van der Waals surface area contributed by atoms with E-state index in [1.165, 1.54) is 0 Å². The van der Waals surface area contributed by atoms with Crippen LogP contribution in [-0.4, -0.2) is 6.10 Å². The highest BCUT2D eigenvalue weighted by atomic mass is 16.5. The molecule has 0 atom stereocenters. The van der Waals surface area contributed by atoms with E-state index >= 15 is 0 Å². The molecule has 0 bridgehead atoms. The minimum atomic E-state index is 0.189. The molecule has 0 aromatic rings. The van der Waals surface area contributed by atoms with Gasteiger partial charge in [-0.1, -0.05) is 5.92 Å². The molecular weight excluding hydrogens is 88.1 g/mol. The number of rotatable bonds is 1. The van der Waals surface area contributed by atoms with E-state index in [0.717, 1.165) is 0 Å². The smallest absolute Gasteiger partial charge is 0.110 e. The second kappa shape index (κ2) is 3.55. The van der Waals surface area contributed by atoms with E-state index in [2.05, 4.69) is 19.0 Å². The predicted molar refractivity (Wildman–Crippen MR) is 29.4 cm³/mol. The maximum atomic E-state index is 4.77. The predicted octanol–water partition coefficient (Wildman–Crippen LogP) is 1.21. The molecule has 0 aliphatic rings. The normalized spacial score (nSPS) is 7.43. The summed E-state index contributed by atoms with van der Waals surface area (Å²) in [7, 11) is 0. The molecule has 0 saturated carbocycles. The minimum absolute atomic E-state index is 0.189. The van der Waals surface area contributed by atoms with Crippen molar-refractivity contribution in [2.24, 2.45) is 0 Å². The first kappa shape index (κ1) is 6.36. The molecule has 0 saturated heterocycles. The fraction of sp³-hybridized carbons (Fsp3) is 0.500. The van der Waals surface area contributed by atoms with Crippen molar-refractivity contribution in [2.75, 3.05) is 0 Å². The summed E-state index contributed by atoms with van der Waals surface area (Å²) in [5.74, 6) is 2.38. The highest BCUT2D eigenvalue weighted by Crippen LogP contribution is 1.81. The quantitative estimate of drug-likeness (QED) is 0.447. The van der Waals surface area contributed by atoms with Crippen molar-refractivity contribution in [1.29, 1.82) is 0 Å². The molecule has 0 aliphatic carbocycles. The standard InChI is InChI=1S/C6H9O/c1-4-5-7-6(2)3/h6H,1H2,2-3H3. The molecule has 0 amide bonds. The fourth-order valence-electron chi connectivity index (χ4n) is 0.160. The molecule has 0 aliphatic heterocycles. The minimum Gasteiger partial charge on any atom is -0.444 e. The maximum Gasteiger partial charge on any atom is 0.110 e. The molecule has 39 valence electrons. The lowest BCUT2D eigenvalue weighted by Gasteiger charge is -1.96. The number of ether oxygens (including phenoxy) is 1. The summed E-state index contributed by atoms with van der Waals surface area (Å²) in [6.07, 6.45) is 2.58. The number of hydrogen-bond acceptors (Lipinski definition) is 1. The molecule has 0 rings (SSSR count). The Morgan fingerprint density at radius 1 is 1.57 bits per heavy atom. The van der Waals surface area contributed by atoms with Crippen LogP contribution in [0.5, 0.6) is 0 Å². The molecule has 0 N–H and O–H groups in total. The lowest BCUT2D eigenvalue weighted by atomic mass is 10.5. The van der Waals surface area contributed by atoms with Gasteiger partial charge in [-0.15, -0.1) is 0 Å². The maximum absolute atomic E-state index is 4.77. The second-order valence-electron chi connectivity index (χ2n) is 1.45. The highest BCUT2D eigenvalue weighted by molar-refractivity contribution is 4.94. The monoisotopic (exact) mass is 97.1 g/mol. The van der Waals surface area contributed by atoms with Crippen molar-refractivity contribution < 1.29 is 4.74 Å². The SMILES string of the molecule is [CH2]C#COC(C)C. The summed E-state index contributed by atoms with van der Waals surface area (Å²) in [6.45, 7) is 7.11. The first-order chi connectivity index (χ1) is 3.27. The first-order valence-corrected chi connectivity index (χ1v) is 2.20. The molecule has 0 spiro atoms. The summed E-state index contributed by atoms with van der Waals surface area (Å²) < 4.78 is 4.77. The van der Waals surface area contributed by atoms with Gasteiger partial charge in [0.15, 0.2) is 0 Å². The molecule has 0 unspecified atom stereocenters. The van der Waals surface area contributed by atoms with Crippen molar-refractivity contribution in [3.63, 3.8) is 0 Å². The highest BCUT2D eigenvalue weighted by Gasteiger charge is 1.82. The Morgan fingerprint density at radius 2 is 2.14 bits per heavy atom. The van der Waals surface area contributed by atoms with Gasteiger partial charge in [0, 0.05) is 6.92 Å². The van der Waals surface area contributed by atoms with Gasteiger partial charge in [-0.05, 0) is 13.8 Å². The lowest BCUT2D eigenvalue weighted by molar-refractivity contribution is 0.204. The molecule has 1 heteroatoms. The van der Waals surface area contributed by atoms with Crippen molar-refractivity contribution in [1.82, 2.24) is 0 Å². The van der Waals surface area contributed by atoms with Gasteiger partial charge in [0.1, 0.15) is 12.2 Å². The van der Waals surface area contributed by atoms with Gasteiger partial charge in [0.25, 0.3) is 0 Å². The molecule has 0 aromatic carbocycles. The van der Waals surface area contributed by atoms with Crippen molar-refractivity contribution >= 4 is 0 Å². The average Bonchev–Trinajstić information content (AvgIpc) is 1.61. The first-order valence-electron chi connectivity index (χ1n) is 2.20. The van der Waals surface area contributed by atoms with Gasteiger partial charge >= 0.3 is 0 Å². The van der Waals surface area contributed by atoms with E-state index in [1.807, 2.05) is 13.8 Å². The van der Waals surface area contributed by atoms with Crippen LogP contribution in [-0.2, 0) is 4.74 Å². The molecule has 0 fully saturated rings. The van der Waals surface area contributed by atoms with Crippen LogP contribution in [0.3, 0.4) is 0 Å². The molecule has 7 heavy (non-hydrogen) atoms. The van der Waals surface area contributed by atoms with Crippen LogP contribution in [0.25, 0.3) is 0 Å². The van der Waals surface area contributed by atoms with E-state index in [0.29, 0.717) is 0 Å². The molecule has 1 radical (unpaired) electrons. The van der Waals surface area contributed by atoms with E-state index in [4.69, 9.17) is 4.74 Å². The van der Waals surface area contributed by atoms with Crippen LogP contribution < -0.4 is 0 Å². The van der Waals surface area contributed by atoms with E-state index < -0.39 is 0 Å². The van der Waals surface area contributed by atoms with E-state index in [1.54, 1.807) is 0 Å². The Balaban J connectivity index is 3.08. The van der Waals surface area contributed by atoms with E-state index in [9.17, 15) is 0 Å². The summed E-state index contributed by atoms with van der Waals surface area (Å²) in [5.41, 5.74) is 0. The number of hydrogen-bond donors (Lipinski definition) is 0. The van der Waals surface area contributed by atoms with E-state index in [-0.39, 0.29) is 6.10 Å². The van der Waals surface area contributed by atoms with Crippen LogP contribution in [0, 0.1) is 19.0 Å². The van der Waals surface area contributed by atoms with Crippen molar-refractivity contribution in [3.8, 4) is 12.0 Å². The van der Waals surface area contributed by atoms with Crippen LogP contribution in [0.2, 0.25) is 0 Å². The largest absolute Gasteiger partial charge is 0.444 e. The Kier molecular flexibility index (Phi) is 3.22. The second-order valence-corrected chi connectivity index (χ2v) is 1.45. The molecule has 1 nitrogen and oxygen atoms in total. The molecule has 0 aromatic heterocycles. The summed E-state index contributed by atoms with van der Waals surface area (Å²) in [4.78, 5) is 0. The van der Waals surface area contributed by atoms with Crippen LogP contribution >= 0.6 is 0 Å². The van der Waals surface area contributed by atoms with Gasteiger partial charge in [-0.2, -0.15) is 0 Å². The molecular formula is C6H9O. The van der Waals surface area contributed by atoms with Gasteiger partial charge in [0.2, 0.25) is 0 Å². The lowest BCUT2D eigenvalue weighted by Crippen LogP contribution is -1.94. The van der Waals surface area contributed by atoms with Gasteiger partial charge in [-0.3, -0.25) is 0 Å². The van der Waals surface area contributed by atoms with Gasteiger partial charge in [0.05, 0.1) is 0 Å². The molecule has 0 heterocycles. The third-order valence-corrected chi connectivity index (χ3v) is 0.367. The van der Waals surface area contributed by atoms with Gasteiger partial charge < -0.3 is 4.74 Å². The summed E-state index contributed by atoms with van der Waals surface area (Å²) in [5, 5.41) is 0. The zero-order valence-corrected chi connectivity index (χ0v) is 4.69. The Morgan fingerprint density at radius 3 is 2.29 bits per heavy atom. The topological polar surface area (TPSA) is 9.23 Å². The van der Waals surface area contributed by atoms with Crippen LogP contribution in [0.15, 0.2) is 0 Å². The Labute approximate surface area is 44.7 Å². The van der Waals surface area contributed by atoms with Gasteiger partial charge in [-0.25, -0.2) is 0 Å². The van der Waals surface area contributed by atoms with Crippen LogP contribution in [0.1, 0.15) is 13.8 Å². The summed E-state index contributed by atoms with van der Waals surface area (Å²) in [6, 6.07) is 0. The third-order valence-electron chi connectivity index (χ3n) is 0.367. The van der Waals surface area contributed by atoms with Crippen molar-refractivity contribution in [3.05, 3.63) is 6.92 Å². The Bertz CT molecular complexity index is 84.1. The summed E-state index contributed by atoms with van der Waals surface area (Å²) >= 11 is 0. The van der Waals surface area contributed by atoms with Crippen molar-refractivity contribution in [2.45, 2.75) is 20.0 Å². The Hall–Kier alpha value is -0.640. The fourth-order valence-corrected chi connectivity index (χ4v) is 0.160. The zero-order valence-electron chi connectivity index (χ0n) is 4.69. The average molecular weight is 97.1 g/mol.